The molecule has 118 valence electrons. The van der Waals surface area contributed by atoms with E-state index in [4.69, 9.17) is 16.7 Å². The fourth-order valence-corrected chi connectivity index (χ4v) is 2.46. The van der Waals surface area contributed by atoms with Crippen molar-refractivity contribution in [3.63, 3.8) is 0 Å². The van der Waals surface area contributed by atoms with Crippen LogP contribution in [-0.2, 0) is 10.0 Å². The molecule has 5 nitrogen and oxygen atoms in total. The Labute approximate surface area is 124 Å². The maximum atomic E-state index is 12.4. The van der Waals surface area contributed by atoms with Crippen molar-refractivity contribution >= 4 is 27.5 Å². The minimum atomic E-state index is -4.56. The number of alkyl halides is 3. The van der Waals surface area contributed by atoms with E-state index in [0.29, 0.717) is 4.90 Å². The van der Waals surface area contributed by atoms with Crippen LogP contribution >= 0.6 is 11.6 Å². The molecule has 0 aliphatic rings. The fourth-order valence-electron chi connectivity index (χ4n) is 1.58. The van der Waals surface area contributed by atoms with Gasteiger partial charge >= 0.3 is 6.18 Å². The molecule has 1 amide bonds. The maximum absolute atomic E-state index is 12.4. The van der Waals surface area contributed by atoms with E-state index in [-0.39, 0.29) is 17.1 Å². The second-order valence-electron chi connectivity index (χ2n) is 4.16. The van der Waals surface area contributed by atoms with Crippen LogP contribution < -0.4 is 5.14 Å². The van der Waals surface area contributed by atoms with Crippen molar-refractivity contribution in [3.8, 4) is 0 Å². The van der Waals surface area contributed by atoms with Gasteiger partial charge in [-0.05, 0) is 25.1 Å². The van der Waals surface area contributed by atoms with Crippen LogP contribution in [0, 0.1) is 0 Å². The van der Waals surface area contributed by atoms with E-state index in [2.05, 4.69) is 0 Å². The molecular weight excluding hydrogens is 333 g/mol. The number of rotatable bonds is 4. The summed E-state index contributed by atoms with van der Waals surface area (Å²) in [5.41, 5.74) is -0.280. The van der Waals surface area contributed by atoms with Gasteiger partial charge in [0.05, 0.1) is 4.90 Å². The molecule has 0 aliphatic carbocycles. The summed E-state index contributed by atoms with van der Waals surface area (Å²) in [6.07, 6.45) is -4.56. The van der Waals surface area contributed by atoms with Crippen molar-refractivity contribution in [1.29, 1.82) is 0 Å². The molecule has 2 N–H and O–H groups in total. The Kier molecular flexibility index (Phi) is 5.24. The lowest BCUT2D eigenvalue weighted by atomic mass is 10.2. The smallest absolute Gasteiger partial charge is 0.330 e. The van der Waals surface area contributed by atoms with Crippen LogP contribution in [0.3, 0.4) is 0 Å². The van der Waals surface area contributed by atoms with Gasteiger partial charge in [0.25, 0.3) is 5.91 Å². The number of hydrogen-bond donors (Lipinski definition) is 1. The van der Waals surface area contributed by atoms with Gasteiger partial charge in [-0.2, -0.15) is 13.2 Å². The molecule has 0 unspecified atom stereocenters. The number of primary sulfonamides is 1. The van der Waals surface area contributed by atoms with Crippen molar-refractivity contribution in [2.75, 3.05) is 13.1 Å². The summed E-state index contributed by atoms with van der Waals surface area (Å²) in [7, 11) is -4.13. The molecule has 0 spiro atoms. The first kappa shape index (κ1) is 17.7. The molecule has 1 rings (SSSR count). The Morgan fingerprint density at radius 3 is 2.33 bits per heavy atom. The third-order valence-corrected chi connectivity index (χ3v) is 3.60. The van der Waals surface area contributed by atoms with Crippen molar-refractivity contribution in [3.05, 3.63) is 28.8 Å². The molecule has 0 aromatic heterocycles. The van der Waals surface area contributed by atoms with Crippen LogP contribution in [-0.4, -0.2) is 38.5 Å². The van der Waals surface area contributed by atoms with Gasteiger partial charge in [-0.25, -0.2) is 13.6 Å². The van der Waals surface area contributed by atoms with E-state index < -0.39 is 33.5 Å². The largest absolute Gasteiger partial charge is 0.406 e. The molecule has 0 saturated heterocycles. The van der Waals surface area contributed by atoms with Gasteiger partial charge in [-0.1, -0.05) is 11.6 Å². The number of benzene rings is 1. The first-order valence-corrected chi connectivity index (χ1v) is 7.56. The highest BCUT2D eigenvalue weighted by Crippen LogP contribution is 2.22. The van der Waals surface area contributed by atoms with E-state index in [1.54, 1.807) is 0 Å². The highest BCUT2D eigenvalue weighted by atomic mass is 35.5. The minimum Gasteiger partial charge on any atom is -0.330 e. The Balaban J connectivity index is 3.20. The average molecular weight is 345 g/mol. The Hall–Kier alpha value is -1.32. The molecule has 0 saturated carbocycles. The van der Waals surface area contributed by atoms with Gasteiger partial charge in [0.2, 0.25) is 10.0 Å². The van der Waals surface area contributed by atoms with Gasteiger partial charge in [-0.15, -0.1) is 0 Å². The Bertz CT molecular complexity index is 647. The highest BCUT2D eigenvalue weighted by molar-refractivity contribution is 7.89. The van der Waals surface area contributed by atoms with Crippen LogP contribution in [0.15, 0.2) is 23.1 Å². The summed E-state index contributed by atoms with van der Waals surface area (Å²) in [4.78, 5) is 12.1. The molecule has 0 radical (unpaired) electrons. The molecule has 21 heavy (non-hydrogen) atoms. The third kappa shape index (κ3) is 5.18. The standard InChI is InChI=1S/C11H12ClF3N2O3S/c1-2-17(6-11(13,14)15)10(18)7-3-8(12)5-9(4-7)21(16,19)20/h3-5H,2,6H2,1H3,(H2,16,19,20). The first-order valence-electron chi connectivity index (χ1n) is 5.63. The summed E-state index contributed by atoms with van der Waals surface area (Å²) in [6, 6.07) is 2.98. The second kappa shape index (κ2) is 6.20. The molecule has 10 heteroatoms. The number of carbonyl (C=O) groups excluding carboxylic acids is 1. The van der Waals surface area contributed by atoms with Gasteiger partial charge < -0.3 is 4.90 Å². The predicted octanol–water partition coefficient (Wildman–Crippen LogP) is 2.01. The zero-order chi connectivity index (χ0) is 16.4. The SMILES string of the molecule is CCN(CC(F)(F)F)C(=O)c1cc(Cl)cc(S(N)(=O)=O)c1. The molecule has 0 heterocycles. The van der Waals surface area contributed by atoms with Crippen molar-refractivity contribution in [2.24, 2.45) is 5.14 Å². The number of sulfonamides is 1. The zero-order valence-electron chi connectivity index (χ0n) is 10.8. The summed E-state index contributed by atoms with van der Waals surface area (Å²) < 4.78 is 59.6. The number of carbonyl (C=O) groups is 1. The van der Waals surface area contributed by atoms with E-state index in [0.717, 1.165) is 18.2 Å². The van der Waals surface area contributed by atoms with Gasteiger partial charge in [-0.3, -0.25) is 4.79 Å². The van der Waals surface area contributed by atoms with E-state index in [1.165, 1.54) is 6.92 Å². The number of nitrogens with zero attached hydrogens (tertiary/aromatic N) is 1. The topological polar surface area (TPSA) is 80.5 Å². The summed E-state index contributed by atoms with van der Waals surface area (Å²) >= 11 is 5.67. The monoisotopic (exact) mass is 344 g/mol. The zero-order valence-corrected chi connectivity index (χ0v) is 12.4. The Morgan fingerprint density at radius 1 is 1.33 bits per heavy atom. The summed E-state index contributed by atoms with van der Waals surface area (Å²) in [5, 5.41) is 4.80. The molecule has 0 bridgehead atoms. The average Bonchev–Trinajstić information content (AvgIpc) is 2.32. The van der Waals surface area contributed by atoms with Crippen LogP contribution in [0.2, 0.25) is 5.02 Å². The number of nitrogens with two attached hydrogens (primary N) is 1. The van der Waals surface area contributed by atoms with Crippen molar-refractivity contribution in [1.82, 2.24) is 4.90 Å². The van der Waals surface area contributed by atoms with Gasteiger partial charge in [0, 0.05) is 17.1 Å². The first-order chi connectivity index (χ1) is 9.44. The molecular formula is C11H12ClF3N2O3S. The third-order valence-electron chi connectivity index (χ3n) is 2.49. The van der Waals surface area contributed by atoms with Crippen LogP contribution in [0.1, 0.15) is 17.3 Å². The number of halogens is 4. The van der Waals surface area contributed by atoms with Crippen LogP contribution in [0.25, 0.3) is 0 Å². The van der Waals surface area contributed by atoms with Crippen LogP contribution in [0.4, 0.5) is 13.2 Å². The van der Waals surface area contributed by atoms with Crippen LogP contribution in [0.5, 0.6) is 0 Å². The molecule has 1 aromatic carbocycles. The minimum absolute atomic E-state index is 0.118. The number of hydrogen-bond acceptors (Lipinski definition) is 3. The normalized spacial score (nSPS) is 12.3. The lowest BCUT2D eigenvalue weighted by molar-refractivity contribution is -0.140. The van der Waals surface area contributed by atoms with E-state index in [1.807, 2.05) is 0 Å². The fraction of sp³-hybridized carbons (Fsp3) is 0.364. The van der Waals surface area contributed by atoms with E-state index in [9.17, 15) is 26.4 Å². The molecule has 0 aliphatic heterocycles. The molecule has 1 aromatic rings. The summed E-state index contributed by atoms with van der Waals surface area (Å²) in [6.45, 7) is -0.274. The van der Waals surface area contributed by atoms with Gasteiger partial charge in [0.1, 0.15) is 6.54 Å². The Morgan fingerprint density at radius 2 is 1.90 bits per heavy atom. The lowest BCUT2D eigenvalue weighted by Gasteiger charge is -2.22. The number of amides is 1. The predicted molar refractivity (Wildman–Crippen MR) is 70.5 cm³/mol. The second-order valence-corrected chi connectivity index (χ2v) is 6.15. The summed E-state index contributed by atoms with van der Waals surface area (Å²) in [5.74, 6) is -0.984. The van der Waals surface area contributed by atoms with E-state index >= 15 is 0 Å². The lowest BCUT2D eigenvalue weighted by Crippen LogP contribution is -2.38. The highest BCUT2D eigenvalue weighted by Gasteiger charge is 2.33. The van der Waals surface area contributed by atoms with Crippen molar-refractivity contribution < 1.29 is 26.4 Å². The van der Waals surface area contributed by atoms with Gasteiger partial charge in [0.15, 0.2) is 0 Å². The van der Waals surface area contributed by atoms with Crippen molar-refractivity contribution in [2.45, 2.75) is 18.0 Å². The maximum Gasteiger partial charge on any atom is 0.406 e. The molecule has 0 fully saturated rings. The quantitative estimate of drug-likeness (QED) is 0.907. The molecule has 0 atom stereocenters.